The minimum atomic E-state index is -3.87. The summed E-state index contributed by atoms with van der Waals surface area (Å²) in [6, 6.07) is 18.0. The van der Waals surface area contributed by atoms with Gasteiger partial charge in [-0.05, 0) is 41.8 Å². The highest BCUT2D eigenvalue weighted by Gasteiger charge is 2.15. The third-order valence-electron chi connectivity index (χ3n) is 4.70. The second-order valence-corrected chi connectivity index (χ2v) is 8.42. The van der Waals surface area contributed by atoms with Crippen LogP contribution >= 0.6 is 0 Å². The van der Waals surface area contributed by atoms with E-state index >= 15 is 0 Å². The number of phenols is 1. The lowest BCUT2D eigenvalue weighted by Crippen LogP contribution is -2.14. The fraction of sp³-hybridized carbons (Fsp3) is 0.0909. The topological polar surface area (TPSA) is 159 Å². The summed E-state index contributed by atoms with van der Waals surface area (Å²) in [6.45, 7) is 0. The number of carbonyl (C=O) groups excluding carboxylic acids is 1. The Morgan fingerprint density at radius 2 is 1.68 bits per heavy atom. The molecule has 0 bridgehead atoms. The number of phenolic OH excluding ortho intramolecular Hbond substituents is 1. The van der Waals surface area contributed by atoms with Crippen molar-refractivity contribution in [3.63, 3.8) is 0 Å². The lowest BCUT2D eigenvalue weighted by Gasteiger charge is -2.11. The van der Waals surface area contributed by atoms with Gasteiger partial charge in [-0.15, -0.1) is 0 Å². The van der Waals surface area contributed by atoms with Gasteiger partial charge in [-0.25, -0.2) is 13.6 Å². The van der Waals surface area contributed by atoms with E-state index in [0.717, 1.165) is 0 Å². The first-order chi connectivity index (χ1) is 14.7. The average Bonchev–Trinajstić information content (AvgIpc) is 2.73. The number of para-hydroxylation sites is 1. The third kappa shape index (κ3) is 5.27. The molecule has 3 rings (SSSR count). The molecule has 0 spiro atoms. The fourth-order valence-electron chi connectivity index (χ4n) is 3.17. The number of sulfonamides is 1. The zero-order valence-electron chi connectivity index (χ0n) is 16.5. The van der Waals surface area contributed by atoms with Crippen molar-refractivity contribution >= 4 is 27.5 Å². The van der Waals surface area contributed by atoms with Gasteiger partial charge >= 0.3 is 0 Å². The zero-order valence-corrected chi connectivity index (χ0v) is 17.3. The second kappa shape index (κ2) is 8.99. The lowest BCUT2D eigenvalue weighted by molar-refractivity contribution is -0.116. The van der Waals surface area contributed by atoms with E-state index in [1.54, 1.807) is 54.6 Å². The SMILES string of the molecule is N=C(N)c1cccc(CCC(=O)Nc2ccc(-c3ccccc3S(N)(=O)=O)cc2)c1O. The van der Waals surface area contributed by atoms with E-state index in [4.69, 9.17) is 16.3 Å². The maximum absolute atomic E-state index is 12.3. The normalized spacial score (nSPS) is 11.1. The molecule has 0 aliphatic carbocycles. The molecule has 3 aromatic carbocycles. The Kier molecular flexibility index (Phi) is 6.38. The van der Waals surface area contributed by atoms with Gasteiger partial charge in [0.25, 0.3) is 0 Å². The van der Waals surface area contributed by atoms with Gasteiger partial charge in [-0.2, -0.15) is 0 Å². The highest BCUT2D eigenvalue weighted by Crippen LogP contribution is 2.28. The maximum Gasteiger partial charge on any atom is 0.238 e. The van der Waals surface area contributed by atoms with Crippen LogP contribution in [-0.2, 0) is 21.2 Å². The zero-order chi connectivity index (χ0) is 22.6. The molecule has 0 aromatic heterocycles. The summed E-state index contributed by atoms with van der Waals surface area (Å²) < 4.78 is 23.6. The summed E-state index contributed by atoms with van der Waals surface area (Å²) in [5.74, 6) is -0.598. The monoisotopic (exact) mass is 438 g/mol. The van der Waals surface area contributed by atoms with Crippen molar-refractivity contribution in [2.45, 2.75) is 17.7 Å². The summed E-state index contributed by atoms with van der Waals surface area (Å²) in [5, 5.41) is 25.7. The first-order valence-corrected chi connectivity index (χ1v) is 10.9. The Morgan fingerprint density at radius 1 is 1.00 bits per heavy atom. The molecule has 0 radical (unpaired) electrons. The van der Waals surface area contributed by atoms with E-state index in [9.17, 15) is 18.3 Å². The van der Waals surface area contributed by atoms with Gasteiger partial charge in [0.1, 0.15) is 11.6 Å². The second-order valence-electron chi connectivity index (χ2n) is 6.89. The minimum Gasteiger partial charge on any atom is -0.507 e. The van der Waals surface area contributed by atoms with E-state index in [-0.39, 0.29) is 40.8 Å². The van der Waals surface area contributed by atoms with Crippen LogP contribution in [0.1, 0.15) is 17.5 Å². The fourth-order valence-corrected chi connectivity index (χ4v) is 3.93. The van der Waals surface area contributed by atoms with Crippen LogP contribution in [0.25, 0.3) is 11.1 Å². The summed E-state index contributed by atoms with van der Waals surface area (Å²) in [4.78, 5) is 12.3. The quantitative estimate of drug-likeness (QED) is 0.283. The van der Waals surface area contributed by atoms with E-state index in [1.807, 2.05) is 0 Å². The van der Waals surface area contributed by atoms with Gasteiger partial charge < -0.3 is 16.2 Å². The molecule has 0 saturated carbocycles. The van der Waals surface area contributed by atoms with Crippen molar-refractivity contribution < 1.29 is 18.3 Å². The molecule has 3 aromatic rings. The molecule has 0 unspecified atom stereocenters. The summed E-state index contributed by atoms with van der Waals surface area (Å²) >= 11 is 0. The number of nitrogen functional groups attached to an aromatic ring is 1. The molecule has 9 heteroatoms. The van der Waals surface area contributed by atoms with Crippen molar-refractivity contribution in [1.29, 1.82) is 5.41 Å². The number of rotatable bonds is 7. The number of primary sulfonamides is 1. The lowest BCUT2D eigenvalue weighted by atomic mass is 10.0. The van der Waals surface area contributed by atoms with E-state index in [2.05, 4.69) is 5.32 Å². The number of aromatic hydroxyl groups is 1. The largest absolute Gasteiger partial charge is 0.507 e. The van der Waals surface area contributed by atoms with Crippen LogP contribution in [0.4, 0.5) is 5.69 Å². The predicted molar refractivity (Wildman–Crippen MR) is 119 cm³/mol. The highest BCUT2D eigenvalue weighted by molar-refractivity contribution is 7.89. The molecule has 0 saturated heterocycles. The van der Waals surface area contributed by atoms with Crippen molar-refractivity contribution in [3.8, 4) is 16.9 Å². The molecular formula is C22H22N4O4S. The number of hydrogen-bond acceptors (Lipinski definition) is 5. The standard InChI is InChI=1S/C22H22N4O4S/c23-22(24)18-6-3-4-15(21(18)28)10-13-20(27)26-16-11-8-14(9-12-16)17-5-1-2-7-19(17)31(25,29)30/h1-9,11-12,28H,10,13H2,(H3,23,24)(H,26,27)(H2,25,29,30). The van der Waals surface area contributed by atoms with Crippen LogP contribution in [0.5, 0.6) is 5.75 Å². The number of benzene rings is 3. The third-order valence-corrected chi connectivity index (χ3v) is 5.67. The molecule has 0 aliphatic rings. The molecule has 0 aliphatic heterocycles. The number of anilines is 1. The Hall–Kier alpha value is -3.69. The molecule has 0 heterocycles. The van der Waals surface area contributed by atoms with Crippen molar-refractivity contribution in [2.24, 2.45) is 10.9 Å². The number of nitrogens with one attached hydrogen (secondary N) is 2. The maximum atomic E-state index is 12.3. The van der Waals surface area contributed by atoms with Crippen LogP contribution in [0.2, 0.25) is 0 Å². The molecule has 1 amide bonds. The molecular weight excluding hydrogens is 416 g/mol. The number of hydrogen-bond donors (Lipinski definition) is 5. The van der Waals surface area contributed by atoms with E-state index in [1.165, 1.54) is 12.1 Å². The van der Waals surface area contributed by atoms with E-state index in [0.29, 0.717) is 22.4 Å². The number of carbonyl (C=O) groups is 1. The van der Waals surface area contributed by atoms with Gasteiger partial charge in [-0.3, -0.25) is 10.2 Å². The predicted octanol–water partition coefficient (Wildman–Crippen LogP) is 2.56. The number of amides is 1. The highest BCUT2D eigenvalue weighted by atomic mass is 32.2. The number of amidine groups is 1. The first kappa shape index (κ1) is 22.0. The van der Waals surface area contributed by atoms with Gasteiger partial charge in [0.05, 0.1) is 10.5 Å². The smallest absolute Gasteiger partial charge is 0.238 e. The summed E-state index contributed by atoms with van der Waals surface area (Å²) in [6.07, 6.45) is 0.392. The van der Waals surface area contributed by atoms with Gasteiger partial charge in [0, 0.05) is 17.7 Å². The van der Waals surface area contributed by atoms with Crippen LogP contribution in [-0.4, -0.2) is 25.3 Å². The molecule has 31 heavy (non-hydrogen) atoms. The van der Waals surface area contributed by atoms with Gasteiger partial charge in [0.15, 0.2) is 0 Å². The number of nitrogens with two attached hydrogens (primary N) is 2. The molecule has 0 fully saturated rings. The summed E-state index contributed by atoms with van der Waals surface area (Å²) in [5.41, 5.74) is 7.86. The Morgan fingerprint density at radius 3 is 2.32 bits per heavy atom. The van der Waals surface area contributed by atoms with Crippen molar-refractivity contribution in [2.75, 3.05) is 5.32 Å². The van der Waals surface area contributed by atoms with Crippen molar-refractivity contribution in [3.05, 3.63) is 77.9 Å². The van der Waals surface area contributed by atoms with Crippen LogP contribution < -0.4 is 16.2 Å². The minimum absolute atomic E-state index is 0.0272. The summed E-state index contributed by atoms with van der Waals surface area (Å²) in [7, 11) is -3.87. The molecule has 0 atom stereocenters. The molecule has 8 nitrogen and oxygen atoms in total. The van der Waals surface area contributed by atoms with Gasteiger partial charge in [-0.1, -0.05) is 42.5 Å². The Balaban J connectivity index is 1.68. The Bertz CT molecular complexity index is 1240. The van der Waals surface area contributed by atoms with Crippen LogP contribution in [0.3, 0.4) is 0 Å². The first-order valence-electron chi connectivity index (χ1n) is 9.34. The Labute approximate surface area is 180 Å². The molecule has 160 valence electrons. The molecule has 7 N–H and O–H groups in total. The number of aryl methyl sites for hydroxylation is 1. The van der Waals surface area contributed by atoms with Crippen LogP contribution in [0, 0.1) is 5.41 Å². The average molecular weight is 439 g/mol. The van der Waals surface area contributed by atoms with Gasteiger partial charge in [0.2, 0.25) is 15.9 Å². The van der Waals surface area contributed by atoms with E-state index < -0.39 is 10.0 Å². The van der Waals surface area contributed by atoms with Crippen LogP contribution in [0.15, 0.2) is 71.6 Å². The van der Waals surface area contributed by atoms with Crippen molar-refractivity contribution in [1.82, 2.24) is 0 Å².